The van der Waals surface area contributed by atoms with Crippen molar-refractivity contribution in [2.75, 3.05) is 0 Å². The molecule has 0 aliphatic carbocycles. The number of hydrogen-bond donors (Lipinski definition) is 2. The van der Waals surface area contributed by atoms with Crippen LogP contribution in [-0.2, 0) is 0 Å². The van der Waals surface area contributed by atoms with E-state index in [1.165, 1.54) is 6.21 Å². The largest absolute Gasteiger partial charge is 0.507 e. The number of benzene rings is 3. The fourth-order valence-corrected chi connectivity index (χ4v) is 2.77. The average Bonchev–Trinajstić information content (AvgIpc) is 3.25. The normalized spacial score (nSPS) is 11.0. The molecule has 0 aliphatic heterocycles. The Bertz CT molecular complexity index is 1200. The smallest absolute Gasteiger partial charge is 0.271 e. The molecule has 1 heterocycles. The highest BCUT2D eigenvalue weighted by molar-refractivity contribution is 6.30. The second kappa shape index (κ2) is 8.59. The molecule has 0 unspecified atom stereocenters. The molecule has 30 heavy (non-hydrogen) atoms. The Labute approximate surface area is 176 Å². The van der Waals surface area contributed by atoms with Crippen LogP contribution in [0.1, 0.15) is 15.9 Å². The van der Waals surface area contributed by atoms with E-state index in [0.717, 1.165) is 5.56 Å². The zero-order valence-electron chi connectivity index (χ0n) is 15.5. The molecule has 4 aromatic rings. The van der Waals surface area contributed by atoms with Crippen molar-refractivity contribution in [3.8, 4) is 28.7 Å². The van der Waals surface area contributed by atoms with Crippen LogP contribution in [0.15, 0.2) is 82.3 Å². The highest BCUT2D eigenvalue weighted by Gasteiger charge is 2.14. The monoisotopic (exact) mass is 418 g/mol. The van der Waals surface area contributed by atoms with Crippen molar-refractivity contribution in [2.45, 2.75) is 0 Å². The van der Waals surface area contributed by atoms with E-state index in [0.29, 0.717) is 21.7 Å². The van der Waals surface area contributed by atoms with Gasteiger partial charge in [-0.25, -0.2) is 5.43 Å². The lowest BCUT2D eigenvalue weighted by Crippen LogP contribution is -2.17. The molecule has 0 aliphatic rings. The summed E-state index contributed by atoms with van der Waals surface area (Å²) in [6.45, 7) is 0. The van der Waals surface area contributed by atoms with E-state index in [1.54, 1.807) is 72.8 Å². The number of carbonyl (C=O) groups excluding carboxylic acids is 1. The number of hydrogen-bond acceptors (Lipinski definition) is 6. The van der Waals surface area contributed by atoms with Gasteiger partial charge in [-0.3, -0.25) is 4.79 Å². The van der Waals surface area contributed by atoms with Gasteiger partial charge in [0.25, 0.3) is 11.8 Å². The van der Waals surface area contributed by atoms with Crippen molar-refractivity contribution < 1.29 is 14.3 Å². The third-order valence-electron chi connectivity index (χ3n) is 4.20. The first-order valence-electron chi connectivity index (χ1n) is 8.91. The Kier molecular flexibility index (Phi) is 5.54. The van der Waals surface area contributed by atoms with Gasteiger partial charge in [-0.1, -0.05) is 35.9 Å². The third kappa shape index (κ3) is 4.37. The summed E-state index contributed by atoms with van der Waals surface area (Å²) in [5, 5.41) is 22.5. The molecule has 148 valence electrons. The highest BCUT2D eigenvalue weighted by atomic mass is 35.5. The first kappa shape index (κ1) is 19.4. The number of amides is 1. The van der Waals surface area contributed by atoms with Crippen LogP contribution in [0.2, 0.25) is 5.02 Å². The fraction of sp³-hybridized carbons (Fsp3) is 0. The minimum Gasteiger partial charge on any atom is -0.507 e. The number of rotatable bonds is 5. The molecular weight excluding hydrogens is 404 g/mol. The SMILES string of the molecule is O=C(N/N=C/c1ccc(Cl)cc1)c1ccc(-c2nnc(-c3ccccc3O)o2)cc1. The number of phenols is 1. The maximum absolute atomic E-state index is 12.2. The molecular formula is C22H15ClN4O3. The van der Waals surface area contributed by atoms with E-state index >= 15 is 0 Å². The Morgan fingerprint density at radius 2 is 1.67 bits per heavy atom. The van der Waals surface area contributed by atoms with Crippen LogP contribution in [0, 0.1) is 0 Å². The topological polar surface area (TPSA) is 101 Å². The summed E-state index contributed by atoms with van der Waals surface area (Å²) in [6.07, 6.45) is 1.53. The van der Waals surface area contributed by atoms with Crippen LogP contribution < -0.4 is 5.43 Å². The number of aromatic nitrogens is 2. The zero-order chi connectivity index (χ0) is 20.9. The maximum atomic E-state index is 12.2. The fourth-order valence-electron chi connectivity index (χ4n) is 2.65. The summed E-state index contributed by atoms with van der Waals surface area (Å²) in [7, 11) is 0. The van der Waals surface area contributed by atoms with Crippen molar-refractivity contribution in [3.05, 3.63) is 88.9 Å². The number of nitrogens with one attached hydrogen (secondary N) is 1. The second-order valence-electron chi connectivity index (χ2n) is 6.26. The van der Waals surface area contributed by atoms with Crippen molar-refractivity contribution in [3.63, 3.8) is 0 Å². The quantitative estimate of drug-likeness (QED) is 0.366. The van der Waals surface area contributed by atoms with Crippen LogP contribution in [0.3, 0.4) is 0 Å². The van der Waals surface area contributed by atoms with Crippen LogP contribution in [0.5, 0.6) is 5.75 Å². The lowest BCUT2D eigenvalue weighted by molar-refractivity contribution is 0.0955. The molecule has 2 N–H and O–H groups in total. The lowest BCUT2D eigenvalue weighted by Gasteiger charge is -2.01. The van der Waals surface area contributed by atoms with E-state index < -0.39 is 0 Å². The average molecular weight is 419 g/mol. The van der Waals surface area contributed by atoms with Gasteiger partial charge in [-0.05, 0) is 54.1 Å². The van der Waals surface area contributed by atoms with Crippen molar-refractivity contribution in [1.82, 2.24) is 15.6 Å². The molecule has 0 spiro atoms. The predicted octanol–water partition coefficient (Wildman–Crippen LogP) is 4.53. The van der Waals surface area contributed by atoms with Crippen LogP contribution in [-0.4, -0.2) is 27.4 Å². The number of nitrogens with zero attached hydrogens (tertiary/aromatic N) is 3. The summed E-state index contributed by atoms with van der Waals surface area (Å²) in [6, 6.07) is 20.4. The summed E-state index contributed by atoms with van der Waals surface area (Å²) < 4.78 is 5.64. The molecule has 1 aromatic heterocycles. The summed E-state index contributed by atoms with van der Waals surface area (Å²) in [4.78, 5) is 12.2. The Morgan fingerprint density at radius 1 is 0.967 bits per heavy atom. The molecule has 0 saturated carbocycles. The highest BCUT2D eigenvalue weighted by Crippen LogP contribution is 2.29. The molecule has 1 amide bonds. The molecule has 3 aromatic carbocycles. The molecule has 0 bridgehead atoms. The first-order valence-corrected chi connectivity index (χ1v) is 9.29. The number of carbonyl (C=O) groups is 1. The summed E-state index contributed by atoms with van der Waals surface area (Å²) in [5.74, 6) is 0.188. The number of hydrazone groups is 1. The second-order valence-corrected chi connectivity index (χ2v) is 6.69. The molecule has 0 atom stereocenters. The van der Waals surface area contributed by atoms with Gasteiger partial charge in [0.1, 0.15) is 5.75 Å². The van der Waals surface area contributed by atoms with Crippen LogP contribution >= 0.6 is 11.6 Å². The molecule has 0 radical (unpaired) electrons. The van der Waals surface area contributed by atoms with Gasteiger partial charge in [-0.15, -0.1) is 10.2 Å². The van der Waals surface area contributed by atoms with Gasteiger partial charge < -0.3 is 9.52 Å². The van der Waals surface area contributed by atoms with Gasteiger partial charge in [-0.2, -0.15) is 5.10 Å². The number of aromatic hydroxyl groups is 1. The third-order valence-corrected chi connectivity index (χ3v) is 4.46. The zero-order valence-corrected chi connectivity index (χ0v) is 16.2. The Balaban J connectivity index is 1.43. The van der Waals surface area contributed by atoms with Gasteiger partial charge >= 0.3 is 0 Å². The van der Waals surface area contributed by atoms with Gasteiger partial charge in [0.15, 0.2) is 0 Å². The molecule has 4 rings (SSSR count). The van der Waals surface area contributed by atoms with Crippen LogP contribution in [0.4, 0.5) is 0 Å². The van der Waals surface area contributed by atoms with Crippen molar-refractivity contribution >= 4 is 23.7 Å². The summed E-state index contributed by atoms with van der Waals surface area (Å²) >= 11 is 5.83. The lowest BCUT2D eigenvalue weighted by atomic mass is 10.1. The Morgan fingerprint density at radius 3 is 2.40 bits per heavy atom. The first-order chi connectivity index (χ1) is 14.6. The number of phenolic OH excluding ortho intramolecular Hbond substituents is 1. The van der Waals surface area contributed by atoms with Gasteiger partial charge in [0.2, 0.25) is 5.89 Å². The van der Waals surface area contributed by atoms with E-state index in [4.69, 9.17) is 16.0 Å². The van der Waals surface area contributed by atoms with E-state index in [1.807, 2.05) is 0 Å². The van der Waals surface area contributed by atoms with Crippen LogP contribution in [0.25, 0.3) is 22.9 Å². The minimum atomic E-state index is -0.354. The standard InChI is InChI=1S/C22H15ClN4O3/c23-17-11-5-14(6-12-17)13-24-25-20(29)15-7-9-16(10-8-15)21-26-27-22(30-21)18-3-1-2-4-19(18)28/h1-13,28H,(H,25,29)/b24-13+. The van der Waals surface area contributed by atoms with Crippen molar-refractivity contribution in [1.29, 1.82) is 0 Å². The molecule has 0 saturated heterocycles. The van der Waals surface area contributed by atoms with Gasteiger partial charge in [0, 0.05) is 16.1 Å². The van der Waals surface area contributed by atoms with E-state index in [9.17, 15) is 9.90 Å². The molecule has 7 nitrogen and oxygen atoms in total. The predicted molar refractivity (Wildman–Crippen MR) is 113 cm³/mol. The Hall–Kier alpha value is -3.97. The van der Waals surface area contributed by atoms with Gasteiger partial charge in [0.05, 0.1) is 11.8 Å². The molecule has 0 fully saturated rings. The number of halogens is 1. The van der Waals surface area contributed by atoms with Crippen molar-refractivity contribution in [2.24, 2.45) is 5.10 Å². The summed E-state index contributed by atoms with van der Waals surface area (Å²) in [5.41, 5.74) is 4.80. The maximum Gasteiger partial charge on any atom is 0.271 e. The minimum absolute atomic E-state index is 0.0545. The van der Waals surface area contributed by atoms with E-state index in [-0.39, 0.29) is 23.4 Å². The van der Waals surface area contributed by atoms with E-state index in [2.05, 4.69) is 20.7 Å². The number of para-hydroxylation sites is 1. The molecule has 8 heteroatoms.